The van der Waals surface area contributed by atoms with Crippen LogP contribution in [-0.2, 0) is 14.1 Å². The number of thiophene rings is 2. The van der Waals surface area contributed by atoms with E-state index in [0.29, 0.717) is 0 Å². The van der Waals surface area contributed by atoms with Crippen LogP contribution in [0.2, 0.25) is 0 Å². The fourth-order valence-electron chi connectivity index (χ4n) is 5.00. The summed E-state index contributed by atoms with van der Waals surface area (Å²) >= 11 is 3.09. The summed E-state index contributed by atoms with van der Waals surface area (Å²) in [5, 5.41) is 6.36. The molecule has 0 amide bonds. The molecule has 0 aliphatic carbocycles. The normalized spacial score (nSPS) is 12.3. The lowest BCUT2D eigenvalue weighted by Crippen LogP contribution is -2.15. The fourth-order valence-corrected chi connectivity index (χ4v) is 7.43. The monoisotopic (exact) mass is 452 g/mol. The molecule has 0 N–H and O–H groups in total. The lowest BCUT2D eigenvalue weighted by atomic mass is 10.0. The van der Waals surface area contributed by atoms with E-state index in [-0.39, 0.29) is 11.1 Å². The highest BCUT2D eigenvalue weighted by Gasteiger charge is 2.19. The summed E-state index contributed by atoms with van der Waals surface area (Å²) in [6.07, 6.45) is 0. The summed E-state index contributed by atoms with van der Waals surface area (Å²) < 4.78 is 7.19. The molecule has 32 heavy (non-hydrogen) atoms. The van der Waals surface area contributed by atoms with Gasteiger partial charge in [0, 0.05) is 55.8 Å². The molecule has 4 nitrogen and oxygen atoms in total. The molecule has 0 atom stereocenters. The highest BCUT2D eigenvalue weighted by molar-refractivity contribution is 7.27. The van der Waals surface area contributed by atoms with Gasteiger partial charge >= 0.3 is 0 Å². The number of fused-ring (bicyclic) bond motifs is 10. The van der Waals surface area contributed by atoms with Gasteiger partial charge in [0.25, 0.3) is 11.1 Å². The van der Waals surface area contributed by atoms with Crippen molar-refractivity contribution in [1.29, 1.82) is 0 Å². The van der Waals surface area contributed by atoms with Crippen LogP contribution < -0.4 is 11.1 Å². The molecule has 0 spiro atoms. The Balaban J connectivity index is 1.76. The molecule has 3 aromatic carbocycles. The maximum Gasteiger partial charge on any atom is 0.268 e. The first-order valence-electron chi connectivity index (χ1n) is 10.3. The Morgan fingerprint density at radius 3 is 1.44 bits per heavy atom. The number of nitrogens with zero attached hydrogens (tertiary/aromatic N) is 2. The zero-order chi connectivity index (χ0) is 21.7. The van der Waals surface area contributed by atoms with Crippen molar-refractivity contribution in [2.75, 3.05) is 0 Å². The Labute approximate surface area is 189 Å². The van der Waals surface area contributed by atoms with Crippen molar-refractivity contribution in [3.05, 3.63) is 81.4 Å². The van der Waals surface area contributed by atoms with Gasteiger partial charge in [0.2, 0.25) is 0 Å². The Bertz CT molecular complexity index is 1900. The van der Waals surface area contributed by atoms with E-state index in [1.165, 1.54) is 0 Å². The number of para-hydroxylation sites is 2. The number of benzene rings is 3. The van der Waals surface area contributed by atoms with Crippen LogP contribution in [0.1, 0.15) is 0 Å². The first-order valence-corrected chi connectivity index (χ1v) is 12.0. The van der Waals surface area contributed by atoms with Crippen LogP contribution in [0, 0.1) is 0 Å². The number of aromatic nitrogens is 2. The molecular formula is C26H16N2O2S2. The minimum Gasteiger partial charge on any atom is -0.310 e. The minimum atomic E-state index is 0.0347. The molecule has 0 radical (unpaired) electrons. The number of hydrogen-bond donors (Lipinski definition) is 0. The average Bonchev–Trinajstić information content (AvgIpc) is 3.38. The zero-order valence-electron chi connectivity index (χ0n) is 17.3. The average molecular weight is 453 g/mol. The van der Waals surface area contributed by atoms with E-state index in [4.69, 9.17) is 0 Å². The molecule has 4 aromatic heterocycles. The lowest BCUT2D eigenvalue weighted by Gasteiger charge is -2.06. The third-order valence-electron chi connectivity index (χ3n) is 6.57. The van der Waals surface area contributed by atoms with Crippen LogP contribution in [0.25, 0.3) is 62.2 Å². The van der Waals surface area contributed by atoms with E-state index in [1.54, 1.807) is 31.8 Å². The summed E-state index contributed by atoms with van der Waals surface area (Å²) in [4.78, 5) is 26.3. The van der Waals surface area contributed by atoms with Gasteiger partial charge in [0.05, 0.1) is 11.0 Å². The van der Waals surface area contributed by atoms with Crippen molar-refractivity contribution in [2.45, 2.75) is 0 Å². The van der Waals surface area contributed by atoms with Gasteiger partial charge in [-0.05, 0) is 24.3 Å². The molecule has 4 heterocycles. The van der Waals surface area contributed by atoms with E-state index in [9.17, 15) is 9.59 Å². The molecular weight excluding hydrogens is 436 g/mol. The highest BCUT2D eigenvalue weighted by Crippen LogP contribution is 2.43. The van der Waals surface area contributed by atoms with Gasteiger partial charge < -0.3 is 9.13 Å². The second kappa shape index (κ2) is 6.06. The topological polar surface area (TPSA) is 44.0 Å². The maximum atomic E-state index is 13.1. The molecule has 0 unspecified atom stereocenters. The van der Waals surface area contributed by atoms with Crippen LogP contribution in [0.15, 0.2) is 70.3 Å². The van der Waals surface area contributed by atoms with Crippen LogP contribution in [0.4, 0.5) is 0 Å². The summed E-state index contributed by atoms with van der Waals surface area (Å²) in [5.41, 5.74) is 1.93. The SMILES string of the molecule is Cn1c(=O)c2sc3cc4c(cc3c2c2ccccc21)sc1c(=O)n(C)c2ccccc2c14. The molecule has 6 heteroatoms. The van der Waals surface area contributed by atoms with Crippen LogP contribution in [0.3, 0.4) is 0 Å². The van der Waals surface area contributed by atoms with E-state index in [2.05, 4.69) is 24.3 Å². The van der Waals surface area contributed by atoms with Crippen LogP contribution in [0.5, 0.6) is 0 Å². The molecule has 0 aliphatic heterocycles. The van der Waals surface area contributed by atoms with Gasteiger partial charge in [-0.2, -0.15) is 0 Å². The smallest absolute Gasteiger partial charge is 0.268 e. The van der Waals surface area contributed by atoms with Crippen LogP contribution >= 0.6 is 22.7 Å². The Morgan fingerprint density at radius 2 is 1.00 bits per heavy atom. The summed E-state index contributed by atoms with van der Waals surface area (Å²) in [7, 11) is 3.67. The minimum absolute atomic E-state index is 0.0347. The van der Waals surface area contributed by atoms with Crippen LogP contribution in [-0.4, -0.2) is 9.13 Å². The largest absolute Gasteiger partial charge is 0.310 e. The zero-order valence-corrected chi connectivity index (χ0v) is 18.9. The van der Waals surface area contributed by atoms with E-state index in [0.717, 1.165) is 62.2 Å². The quantitative estimate of drug-likeness (QED) is 0.278. The van der Waals surface area contributed by atoms with Crippen molar-refractivity contribution in [3.63, 3.8) is 0 Å². The van der Waals surface area contributed by atoms with Gasteiger partial charge in [0.1, 0.15) is 9.40 Å². The van der Waals surface area contributed by atoms with Gasteiger partial charge in [-0.1, -0.05) is 36.4 Å². The Kier molecular flexibility index (Phi) is 3.43. The molecule has 0 saturated heterocycles. The Hall–Kier alpha value is -3.48. The van der Waals surface area contributed by atoms with Crippen molar-refractivity contribution >= 4 is 84.8 Å². The predicted octanol–water partition coefficient (Wildman–Crippen LogP) is 6.13. The second-order valence-electron chi connectivity index (χ2n) is 8.22. The molecule has 154 valence electrons. The predicted molar refractivity (Wildman–Crippen MR) is 138 cm³/mol. The van der Waals surface area contributed by atoms with E-state index >= 15 is 0 Å². The van der Waals surface area contributed by atoms with Gasteiger partial charge in [-0.3, -0.25) is 9.59 Å². The number of pyridine rings is 2. The van der Waals surface area contributed by atoms with Gasteiger partial charge in [-0.25, -0.2) is 0 Å². The van der Waals surface area contributed by atoms with E-state index in [1.807, 2.05) is 50.5 Å². The standard InChI is InChI=1S/C26H16N2O2S2/c1-27-17-9-5-3-7-13(17)21-15-11-20-16(12-19(15)31-23(21)25(27)29)22-14-8-4-6-10-18(14)28(2)26(30)24(22)32-20/h3-12H,1-2H3. The first-order chi connectivity index (χ1) is 15.5. The molecule has 0 bridgehead atoms. The summed E-state index contributed by atoms with van der Waals surface area (Å²) in [6.45, 7) is 0. The molecule has 0 saturated carbocycles. The summed E-state index contributed by atoms with van der Waals surface area (Å²) in [6, 6.07) is 20.5. The third kappa shape index (κ3) is 2.11. The van der Waals surface area contributed by atoms with E-state index < -0.39 is 0 Å². The molecule has 7 aromatic rings. The molecule has 0 fully saturated rings. The summed E-state index contributed by atoms with van der Waals surface area (Å²) in [5.74, 6) is 0. The fraction of sp³-hybridized carbons (Fsp3) is 0.0769. The molecule has 0 aliphatic rings. The van der Waals surface area contributed by atoms with Crippen molar-refractivity contribution < 1.29 is 0 Å². The van der Waals surface area contributed by atoms with Crippen molar-refractivity contribution in [2.24, 2.45) is 14.1 Å². The second-order valence-corrected chi connectivity index (χ2v) is 10.3. The highest BCUT2D eigenvalue weighted by atomic mass is 32.1. The third-order valence-corrected chi connectivity index (χ3v) is 8.85. The lowest BCUT2D eigenvalue weighted by molar-refractivity contribution is 0.921. The van der Waals surface area contributed by atoms with Gasteiger partial charge in [0.15, 0.2) is 0 Å². The Morgan fingerprint density at radius 1 is 0.594 bits per heavy atom. The van der Waals surface area contributed by atoms with Crippen molar-refractivity contribution in [3.8, 4) is 0 Å². The maximum absolute atomic E-state index is 13.1. The first kappa shape index (κ1) is 18.1. The number of rotatable bonds is 0. The van der Waals surface area contributed by atoms with Gasteiger partial charge in [-0.15, -0.1) is 22.7 Å². The number of hydrogen-bond acceptors (Lipinski definition) is 4. The number of aryl methyl sites for hydroxylation is 2. The van der Waals surface area contributed by atoms with Crippen molar-refractivity contribution in [1.82, 2.24) is 9.13 Å². The molecule has 7 rings (SSSR count).